The molecule has 0 atom stereocenters. The number of rotatable bonds is 7. The van der Waals surface area contributed by atoms with Gasteiger partial charge in [0.25, 0.3) is 0 Å². The number of imidazole rings is 1. The summed E-state index contributed by atoms with van der Waals surface area (Å²) >= 11 is 0. The molecule has 1 fully saturated rings. The highest BCUT2D eigenvalue weighted by molar-refractivity contribution is 5.82. The van der Waals surface area contributed by atoms with Crippen molar-refractivity contribution in [2.24, 2.45) is 5.41 Å². The Bertz CT molecular complexity index is 1040. The molecule has 1 saturated heterocycles. The van der Waals surface area contributed by atoms with E-state index in [4.69, 9.17) is 14.2 Å². The van der Waals surface area contributed by atoms with Crippen LogP contribution < -0.4 is 0 Å². The molecular weight excluding hydrogens is 386 g/mol. The monoisotopic (exact) mass is 411 g/mol. The Morgan fingerprint density at radius 3 is 2.63 bits per heavy atom. The zero-order valence-corrected chi connectivity index (χ0v) is 17.1. The largest absolute Gasteiger partial charge is 0.434 e. The van der Waals surface area contributed by atoms with Crippen LogP contribution in [0, 0.1) is 15.5 Å². The van der Waals surface area contributed by atoms with Crippen LogP contribution in [0.15, 0.2) is 54.9 Å². The van der Waals surface area contributed by atoms with Crippen LogP contribution in [0.1, 0.15) is 19.4 Å². The van der Waals surface area contributed by atoms with Crippen LogP contribution in [0.2, 0.25) is 0 Å². The third kappa shape index (κ3) is 4.51. The quantitative estimate of drug-likeness (QED) is 0.432. The third-order valence-electron chi connectivity index (χ3n) is 5.31. The smallest absolute Gasteiger partial charge is 0.390 e. The number of hydrogen-bond donors (Lipinski definition) is 0. The Kier molecular flexibility index (Phi) is 5.55. The van der Waals surface area contributed by atoms with Crippen LogP contribution in [0.3, 0.4) is 0 Å². The lowest BCUT2D eigenvalue weighted by atomic mass is 9.89. The maximum atomic E-state index is 11.3. The lowest BCUT2D eigenvalue weighted by molar-refractivity contribution is -0.397. The second kappa shape index (κ2) is 8.14. The number of nitro groups is 1. The van der Waals surface area contributed by atoms with E-state index in [2.05, 4.69) is 29.2 Å². The summed E-state index contributed by atoms with van der Waals surface area (Å²) in [5.41, 5.74) is 0.508. The van der Waals surface area contributed by atoms with E-state index in [-0.39, 0.29) is 5.95 Å². The van der Waals surface area contributed by atoms with Crippen molar-refractivity contribution in [3.8, 4) is 0 Å². The molecule has 1 aromatic heterocycles. The van der Waals surface area contributed by atoms with Gasteiger partial charge in [-0.3, -0.25) is 0 Å². The van der Waals surface area contributed by atoms with Gasteiger partial charge in [0.05, 0.1) is 38.4 Å². The van der Waals surface area contributed by atoms with Crippen molar-refractivity contribution < 1.29 is 19.1 Å². The first kappa shape index (κ1) is 20.5. The second-order valence-electron chi connectivity index (χ2n) is 8.26. The topological polar surface area (TPSA) is 88.7 Å². The van der Waals surface area contributed by atoms with Crippen LogP contribution in [0.5, 0.6) is 0 Å². The van der Waals surface area contributed by atoms with Gasteiger partial charge in [0.2, 0.25) is 0 Å². The first-order valence-electron chi connectivity index (χ1n) is 9.85. The fraction of sp³-hybridized carbons (Fsp3) is 0.409. The number of nitrogens with zero attached hydrogens (tertiary/aromatic N) is 3. The molecule has 0 N–H and O–H groups in total. The molecule has 0 bridgehead atoms. The van der Waals surface area contributed by atoms with Crippen molar-refractivity contribution in [1.29, 1.82) is 0 Å². The maximum Gasteiger partial charge on any atom is 0.434 e. The summed E-state index contributed by atoms with van der Waals surface area (Å²) in [6.45, 7) is 5.53. The van der Waals surface area contributed by atoms with Crippen molar-refractivity contribution in [3.05, 3.63) is 70.5 Å². The van der Waals surface area contributed by atoms with Gasteiger partial charge in [0.15, 0.2) is 5.79 Å². The highest BCUT2D eigenvalue weighted by Crippen LogP contribution is 2.33. The van der Waals surface area contributed by atoms with Gasteiger partial charge in [0, 0.05) is 0 Å². The van der Waals surface area contributed by atoms with E-state index >= 15 is 0 Å². The van der Waals surface area contributed by atoms with Gasteiger partial charge >= 0.3 is 5.95 Å². The average molecular weight is 411 g/mol. The molecule has 2 aromatic carbocycles. The lowest BCUT2D eigenvalue weighted by Gasteiger charge is -2.42. The normalized spacial score (nSPS) is 17.8. The SMILES string of the molecule is CC1(C)OCC(COCc2ccc3ccccc3c2)(Cn2ccnc2[N+](=O)[O-])CO1. The van der Waals surface area contributed by atoms with Gasteiger partial charge < -0.3 is 24.3 Å². The predicted molar refractivity (Wildman–Crippen MR) is 111 cm³/mol. The zero-order chi connectivity index (χ0) is 21.2. The van der Waals surface area contributed by atoms with Crippen LogP contribution in [0.25, 0.3) is 10.8 Å². The summed E-state index contributed by atoms with van der Waals surface area (Å²) < 4.78 is 19.4. The van der Waals surface area contributed by atoms with E-state index in [0.717, 1.165) is 10.9 Å². The van der Waals surface area contributed by atoms with Gasteiger partial charge in [-0.2, -0.15) is 0 Å². The molecular formula is C22H25N3O5. The summed E-state index contributed by atoms with van der Waals surface area (Å²) in [5, 5.41) is 13.6. The van der Waals surface area contributed by atoms with Crippen LogP contribution in [-0.4, -0.2) is 40.1 Å². The summed E-state index contributed by atoms with van der Waals surface area (Å²) in [6.07, 6.45) is 3.03. The molecule has 1 aliphatic heterocycles. The van der Waals surface area contributed by atoms with Gasteiger partial charge in [-0.25, -0.2) is 4.57 Å². The molecule has 0 saturated carbocycles. The number of ether oxygens (including phenoxy) is 3. The molecule has 0 amide bonds. The van der Waals surface area contributed by atoms with Crippen molar-refractivity contribution in [2.45, 2.75) is 32.8 Å². The molecule has 30 heavy (non-hydrogen) atoms. The molecule has 4 rings (SSSR count). The standard InChI is InChI=1S/C22H25N3O5/c1-21(2)29-15-22(16-30-21,13-24-10-9-23-20(24)25(26)27)14-28-12-17-7-8-18-5-3-4-6-19(18)11-17/h3-11H,12-16H2,1-2H3. The molecule has 2 heterocycles. The number of fused-ring (bicyclic) bond motifs is 1. The van der Waals surface area contributed by atoms with Gasteiger partial charge in [0.1, 0.15) is 12.4 Å². The highest BCUT2D eigenvalue weighted by atomic mass is 16.7. The Labute approximate surface area is 174 Å². The van der Waals surface area contributed by atoms with E-state index in [9.17, 15) is 10.1 Å². The van der Waals surface area contributed by atoms with Crippen molar-refractivity contribution in [1.82, 2.24) is 9.55 Å². The predicted octanol–water partition coefficient (Wildman–Crippen LogP) is 3.93. The fourth-order valence-electron chi connectivity index (χ4n) is 3.63. The number of aromatic nitrogens is 2. The summed E-state index contributed by atoms with van der Waals surface area (Å²) in [7, 11) is 0. The average Bonchev–Trinajstić information content (AvgIpc) is 3.18. The van der Waals surface area contributed by atoms with E-state index in [1.54, 1.807) is 6.20 Å². The second-order valence-corrected chi connectivity index (χ2v) is 8.26. The Morgan fingerprint density at radius 2 is 1.90 bits per heavy atom. The Morgan fingerprint density at radius 1 is 1.17 bits per heavy atom. The van der Waals surface area contributed by atoms with Gasteiger partial charge in [-0.05, 0) is 41.2 Å². The van der Waals surface area contributed by atoms with Gasteiger partial charge in [-0.15, -0.1) is 0 Å². The first-order chi connectivity index (χ1) is 14.4. The van der Waals surface area contributed by atoms with Crippen molar-refractivity contribution >= 4 is 16.7 Å². The third-order valence-corrected chi connectivity index (χ3v) is 5.31. The van der Waals surface area contributed by atoms with Crippen LogP contribution in [-0.2, 0) is 27.4 Å². The van der Waals surface area contributed by atoms with Crippen LogP contribution >= 0.6 is 0 Å². The van der Waals surface area contributed by atoms with E-state index in [1.807, 2.05) is 32.0 Å². The van der Waals surface area contributed by atoms with E-state index in [0.29, 0.717) is 33.0 Å². The summed E-state index contributed by atoms with van der Waals surface area (Å²) in [5.74, 6) is -0.892. The lowest BCUT2D eigenvalue weighted by Crippen LogP contribution is -2.50. The van der Waals surface area contributed by atoms with E-state index < -0.39 is 16.1 Å². The number of hydrogen-bond acceptors (Lipinski definition) is 6. The zero-order valence-electron chi connectivity index (χ0n) is 17.1. The van der Waals surface area contributed by atoms with Crippen molar-refractivity contribution in [2.75, 3.05) is 19.8 Å². The Balaban J connectivity index is 1.48. The maximum absolute atomic E-state index is 11.3. The van der Waals surface area contributed by atoms with E-state index in [1.165, 1.54) is 16.2 Å². The molecule has 158 valence electrons. The Hall–Kier alpha value is -2.81. The molecule has 8 nitrogen and oxygen atoms in total. The minimum Gasteiger partial charge on any atom is -0.390 e. The minimum atomic E-state index is -0.692. The summed E-state index contributed by atoms with van der Waals surface area (Å²) in [4.78, 5) is 14.6. The minimum absolute atomic E-state index is 0.200. The summed E-state index contributed by atoms with van der Waals surface area (Å²) in [6, 6.07) is 14.4. The fourth-order valence-corrected chi connectivity index (χ4v) is 3.63. The van der Waals surface area contributed by atoms with Crippen molar-refractivity contribution in [3.63, 3.8) is 0 Å². The number of benzene rings is 2. The molecule has 0 spiro atoms. The first-order valence-corrected chi connectivity index (χ1v) is 9.85. The highest BCUT2D eigenvalue weighted by Gasteiger charge is 2.42. The molecule has 8 heteroatoms. The molecule has 0 radical (unpaired) electrons. The van der Waals surface area contributed by atoms with Crippen LogP contribution in [0.4, 0.5) is 5.95 Å². The molecule has 0 aliphatic carbocycles. The molecule has 3 aromatic rings. The molecule has 1 aliphatic rings. The molecule has 0 unspecified atom stereocenters. The van der Waals surface area contributed by atoms with Gasteiger partial charge in [-0.1, -0.05) is 41.4 Å².